The van der Waals surface area contributed by atoms with Gasteiger partial charge in [-0.1, -0.05) is 66.7 Å². The molecular weight excluding hydrogens is 418 g/mol. The van der Waals surface area contributed by atoms with Gasteiger partial charge < -0.3 is 4.74 Å². The van der Waals surface area contributed by atoms with Crippen molar-refractivity contribution in [2.24, 2.45) is 0 Å². The largest absolute Gasteiger partial charge is 0.488 e. The average Bonchev–Trinajstić information content (AvgIpc) is 3.08. The fraction of sp³-hybridized carbons (Fsp3) is 0.0370. The molecule has 0 saturated carbocycles. The van der Waals surface area contributed by atoms with E-state index < -0.39 is 4.92 Å². The van der Waals surface area contributed by atoms with Gasteiger partial charge in [-0.15, -0.1) is 0 Å². The Morgan fingerprint density at radius 1 is 0.818 bits per heavy atom. The van der Waals surface area contributed by atoms with Crippen LogP contribution in [0.2, 0.25) is 0 Å². The standard InChI is InChI=1S/C27H17NO5/c29-26-21-10-3-4-11-22(21)27(30)24(26)15-23-20-9-2-1-7-18(20)12-13-25(23)33-16-17-6-5-8-19(14-17)28(31)32/h1-15H,16H2. The van der Waals surface area contributed by atoms with Crippen molar-refractivity contribution in [3.05, 3.63) is 123 Å². The first-order valence-electron chi connectivity index (χ1n) is 10.3. The molecule has 0 fully saturated rings. The number of nitro benzene ring substituents is 1. The number of fused-ring (bicyclic) bond motifs is 2. The molecule has 1 aliphatic carbocycles. The van der Waals surface area contributed by atoms with Crippen LogP contribution in [0.3, 0.4) is 0 Å². The first-order chi connectivity index (χ1) is 16.0. The topological polar surface area (TPSA) is 86.5 Å². The summed E-state index contributed by atoms with van der Waals surface area (Å²) < 4.78 is 6.03. The van der Waals surface area contributed by atoms with Crippen molar-refractivity contribution in [1.29, 1.82) is 0 Å². The molecule has 4 aromatic carbocycles. The molecule has 5 rings (SSSR count). The molecule has 33 heavy (non-hydrogen) atoms. The van der Waals surface area contributed by atoms with Gasteiger partial charge in [0.15, 0.2) is 11.6 Å². The minimum absolute atomic E-state index is 0.0168. The van der Waals surface area contributed by atoms with E-state index in [4.69, 9.17) is 4.74 Å². The van der Waals surface area contributed by atoms with E-state index >= 15 is 0 Å². The van der Waals surface area contributed by atoms with Crippen molar-refractivity contribution in [2.75, 3.05) is 0 Å². The first-order valence-corrected chi connectivity index (χ1v) is 10.3. The van der Waals surface area contributed by atoms with E-state index in [9.17, 15) is 19.7 Å². The number of benzene rings is 4. The summed E-state index contributed by atoms with van der Waals surface area (Å²) in [6, 6.07) is 24.3. The average molecular weight is 435 g/mol. The lowest BCUT2D eigenvalue weighted by molar-refractivity contribution is -0.384. The first kappa shape index (κ1) is 20.3. The third-order valence-electron chi connectivity index (χ3n) is 5.64. The highest BCUT2D eigenvalue weighted by atomic mass is 16.6. The molecule has 6 heteroatoms. The van der Waals surface area contributed by atoms with E-state index in [1.54, 1.807) is 48.5 Å². The molecule has 0 atom stereocenters. The summed E-state index contributed by atoms with van der Waals surface area (Å²) in [5, 5.41) is 12.8. The van der Waals surface area contributed by atoms with E-state index in [1.165, 1.54) is 12.1 Å². The lowest BCUT2D eigenvalue weighted by Gasteiger charge is -2.13. The van der Waals surface area contributed by atoms with Crippen LogP contribution in [-0.4, -0.2) is 16.5 Å². The lowest BCUT2D eigenvalue weighted by Crippen LogP contribution is -2.02. The summed E-state index contributed by atoms with van der Waals surface area (Å²) in [5.74, 6) is -0.148. The number of non-ortho nitro benzene ring substituents is 1. The predicted octanol–water partition coefficient (Wildman–Crippen LogP) is 5.79. The molecule has 4 aromatic rings. The Morgan fingerprint density at radius 2 is 1.52 bits per heavy atom. The Labute approximate surface area is 188 Å². The van der Waals surface area contributed by atoms with Crippen LogP contribution in [0.5, 0.6) is 5.75 Å². The molecule has 0 bridgehead atoms. The van der Waals surface area contributed by atoms with Gasteiger partial charge in [0, 0.05) is 28.8 Å². The second-order valence-corrected chi connectivity index (χ2v) is 7.68. The molecule has 0 radical (unpaired) electrons. The lowest BCUT2D eigenvalue weighted by atomic mass is 9.99. The molecule has 0 saturated heterocycles. The summed E-state index contributed by atoms with van der Waals surface area (Å²) in [6.45, 7) is 0.0955. The van der Waals surface area contributed by atoms with Gasteiger partial charge in [-0.3, -0.25) is 19.7 Å². The summed E-state index contributed by atoms with van der Waals surface area (Å²) in [6.07, 6.45) is 1.59. The highest BCUT2D eigenvalue weighted by molar-refractivity contribution is 6.41. The highest BCUT2D eigenvalue weighted by Crippen LogP contribution is 2.34. The summed E-state index contributed by atoms with van der Waals surface area (Å²) >= 11 is 0. The number of carbonyl (C=O) groups excluding carboxylic acids is 2. The SMILES string of the molecule is O=C1C(=Cc2c(OCc3cccc([N+](=O)[O-])c3)ccc3ccccc23)C(=O)c2ccccc21. The number of nitro groups is 1. The van der Waals surface area contributed by atoms with Crippen LogP contribution in [-0.2, 0) is 6.61 Å². The third-order valence-corrected chi connectivity index (χ3v) is 5.64. The molecule has 0 heterocycles. The van der Waals surface area contributed by atoms with Crippen molar-refractivity contribution in [1.82, 2.24) is 0 Å². The molecule has 0 aliphatic heterocycles. The Hall–Kier alpha value is -4.58. The molecule has 160 valence electrons. The number of nitrogens with zero attached hydrogens (tertiary/aromatic N) is 1. The van der Waals surface area contributed by atoms with Crippen molar-refractivity contribution >= 4 is 34.1 Å². The molecule has 0 amide bonds. The van der Waals surface area contributed by atoms with Crippen LogP contribution >= 0.6 is 0 Å². The van der Waals surface area contributed by atoms with Crippen molar-refractivity contribution in [2.45, 2.75) is 6.61 Å². The quantitative estimate of drug-likeness (QED) is 0.171. The van der Waals surface area contributed by atoms with Crippen LogP contribution in [0, 0.1) is 10.1 Å². The monoisotopic (exact) mass is 435 g/mol. The molecule has 0 spiro atoms. The van der Waals surface area contributed by atoms with Gasteiger partial charge >= 0.3 is 0 Å². The number of ether oxygens (including phenoxy) is 1. The second kappa shape index (κ2) is 8.16. The maximum Gasteiger partial charge on any atom is 0.269 e. The molecule has 1 aliphatic rings. The molecule has 6 nitrogen and oxygen atoms in total. The zero-order valence-corrected chi connectivity index (χ0v) is 17.4. The zero-order valence-electron chi connectivity index (χ0n) is 17.4. The number of Topliss-reactive ketones (excluding diaryl/α,β-unsaturated/α-hetero) is 2. The van der Waals surface area contributed by atoms with Gasteiger partial charge in [-0.05, 0) is 28.5 Å². The van der Waals surface area contributed by atoms with Crippen molar-refractivity contribution in [3.63, 3.8) is 0 Å². The fourth-order valence-electron chi connectivity index (χ4n) is 4.02. The van der Waals surface area contributed by atoms with Crippen LogP contribution in [0.1, 0.15) is 31.8 Å². The van der Waals surface area contributed by atoms with Crippen molar-refractivity contribution in [3.8, 4) is 5.75 Å². The van der Waals surface area contributed by atoms with E-state index in [0.29, 0.717) is 28.0 Å². The predicted molar refractivity (Wildman–Crippen MR) is 124 cm³/mol. The normalized spacial score (nSPS) is 12.7. The summed E-state index contributed by atoms with van der Waals surface area (Å²) in [4.78, 5) is 36.5. The van der Waals surface area contributed by atoms with Gasteiger partial charge in [-0.2, -0.15) is 0 Å². The zero-order chi connectivity index (χ0) is 22.9. The van der Waals surface area contributed by atoms with Gasteiger partial charge in [0.1, 0.15) is 12.4 Å². The van der Waals surface area contributed by atoms with Crippen LogP contribution in [0.25, 0.3) is 16.8 Å². The Morgan fingerprint density at radius 3 is 2.24 bits per heavy atom. The number of hydrogen-bond donors (Lipinski definition) is 0. The number of ketones is 2. The van der Waals surface area contributed by atoms with Gasteiger partial charge in [-0.25, -0.2) is 0 Å². The number of carbonyl (C=O) groups is 2. The van der Waals surface area contributed by atoms with E-state index in [2.05, 4.69) is 0 Å². The van der Waals surface area contributed by atoms with Gasteiger partial charge in [0.25, 0.3) is 5.69 Å². The molecule has 0 N–H and O–H groups in total. The maximum atomic E-state index is 12.9. The van der Waals surface area contributed by atoms with E-state index in [1.807, 2.05) is 30.3 Å². The third kappa shape index (κ3) is 3.68. The fourth-order valence-corrected chi connectivity index (χ4v) is 4.02. The Kier molecular flexibility index (Phi) is 5.03. The van der Waals surface area contributed by atoms with Gasteiger partial charge in [0.2, 0.25) is 0 Å². The summed E-state index contributed by atoms with van der Waals surface area (Å²) in [5.41, 5.74) is 2.12. The molecular formula is C27H17NO5. The van der Waals surface area contributed by atoms with Crippen LogP contribution in [0.4, 0.5) is 5.69 Å². The molecule has 0 unspecified atom stereocenters. The minimum Gasteiger partial charge on any atom is -0.488 e. The Bertz CT molecular complexity index is 1450. The number of rotatable bonds is 5. The van der Waals surface area contributed by atoms with Gasteiger partial charge in [0.05, 0.1) is 10.5 Å². The number of hydrogen-bond acceptors (Lipinski definition) is 5. The smallest absolute Gasteiger partial charge is 0.269 e. The van der Waals surface area contributed by atoms with E-state index in [-0.39, 0.29) is 29.4 Å². The number of allylic oxidation sites excluding steroid dienone is 1. The maximum absolute atomic E-state index is 12.9. The Balaban J connectivity index is 1.57. The van der Waals surface area contributed by atoms with Crippen LogP contribution < -0.4 is 4.74 Å². The second-order valence-electron chi connectivity index (χ2n) is 7.68. The van der Waals surface area contributed by atoms with E-state index in [0.717, 1.165) is 10.8 Å². The summed E-state index contributed by atoms with van der Waals surface area (Å²) in [7, 11) is 0. The minimum atomic E-state index is -0.454. The van der Waals surface area contributed by atoms with Crippen LogP contribution in [0.15, 0.2) is 90.5 Å². The van der Waals surface area contributed by atoms with Crippen molar-refractivity contribution < 1.29 is 19.2 Å². The molecule has 0 aromatic heterocycles. The highest BCUT2D eigenvalue weighted by Gasteiger charge is 2.33.